The molecule has 0 aliphatic carbocycles. The third kappa shape index (κ3) is 5.17. The average molecular weight is 347 g/mol. The molecule has 0 atom stereocenters. The summed E-state index contributed by atoms with van der Waals surface area (Å²) in [6.07, 6.45) is 0. The van der Waals surface area contributed by atoms with E-state index < -0.39 is 10.7 Å². The molecule has 1 amide bonds. The Balaban J connectivity index is 2.04. The SMILES string of the molecule is CN(C)C(=O)COc1cccc(CNc2cc(F)ccc2[N+](=O)[O-])c1. The second kappa shape index (κ2) is 8.09. The smallest absolute Gasteiger partial charge is 0.292 e. The van der Waals surface area contributed by atoms with E-state index in [-0.39, 0.29) is 30.4 Å². The molecule has 25 heavy (non-hydrogen) atoms. The molecule has 0 bridgehead atoms. The fourth-order valence-corrected chi connectivity index (χ4v) is 2.03. The van der Waals surface area contributed by atoms with Crippen LogP contribution in [0, 0.1) is 15.9 Å². The number of nitro benzene ring substituents is 1. The molecule has 0 radical (unpaired) electrons. The lowest BCUT2D eigenvalue weighted by atomic mass is 10.2. The van der Waals surface area contributed by atoms with Gasteiger partial charge in [0.25, 0.3) is 11.6 Å². The van der Waals surface area contributed by atoms with Gasteiger partial charge in [0.1, 0.15) is 17.3 Å². The van der Waals surface area contributed by atoms with Crippen LogP contribution < -0.4 is 10.1 Å². The normalized spacial score (nSPS) is 10.2. The first-order valence-corrected chi connectivity index (χ1v) is 7.46. The topological polar surface area (TPSA) is 84.7 Å². The molecule has 0 fully saturated rings. The molecule has 7 nitrogen and oxygen atoms in total. The summed E-state index contributed by atoms with van der Waals surface area (Å²) in [4.78, 5) is 23.4. The van der Waals surface area contributed by atoms with Crippen molar-refractivity contribution in [3.05, 3.63) is 64.0 Å². The summed E-state index contributed by atoms with van der Waals surface area (Å²) in [5.41, 5.74) is 0.665. The third-order valence-electron chi connectivity index (χ3n) is 3.40. The molecular weight excluding hydrogens is 329 g/mol. The molecule has 2 aromatic carbocycles. The molecule has 0 spiro atoms. The molecule has 0 aromatic heterocycles. The standard InChI is InChI=1S/C17H18FN3O4/c1-20(2)17(22)11-25-14-5-3-4-12(8-14)10-19-15-9-13(18)6-7-16(15)21(23)24/h3-9,19H,10-11H2,1-2H3. The summed E-state index contributed by atoms with van der Waals surface area (Å²) in [6, 6.07) is 10.2. The van der Waals surface area contributed by atoms with Crippen LogP contribution in [-0.2, 0) is 11.3 Å². The van der Waals surface area contributed by atoms with E-state index in [0.717, 1.165) is 23.8 Å². The molecule has 132 valence electrons. The summed E-state index contributed by atoms with van der Waals surface area (Å²) in [7, 11) is 3.27. The second-order valence-corrected chi connectivity index (χ2v) is 5.50. The van der Waals surface area contributed by atoms with Gasteiger partial charge in [-0.3, -0.25) is 14.9 Å². The number of hydrogen-bond donors (Lipinski definition) is 1. The van der Waals surface area contributed by atoms with Crippen LogP contribution in [0.15, 0.2) is 42.5 Å². The zero-order chi connectivity index (χ0) is 18.4. The van der Waals surface area contributed by atoms with Crippen molar-refractivity contribution in [2.45, 2.75) is 6.54 Å². The Hall–Kier alpha value is -3.16. The third-order valence-corrected chi connectivity index (χ3v) is 3.40. The van der Waals surface area contributed by atoms with Gasteiger partial charge in [0.05, 0.1) is 4.92 Å². The van der Waals surface area contributed by atoms with Gasteiger partial charge in [-0.05, 0) is 23.8 Å². The van der Waals surface area contributed by atoms with Crippen LogP contribution in [0.2, 0.25) is 0 Å². The number of benzene rings is 2. The van der Waals surface area contributed by atoms with E-state index >= 15 is 0 Å². The number of nitrogens with one attached hydrogen (secondary N) is 1. The van der Waals surface area contributed by atoms with Crippen molar-refractivity contribution in [2.75, 3.05) is 26.0 Å². The molecule has 2 rings (SSSR count). The zero-order valence-corrected chi connectivity index (χ0v) is 13.9. The predicted molar refractivity (Wildman–Crippen MR) is 91.0 cm³/mol. The molecule has 0 heterocycles. The Morgan fingerprint density at radius 1 is 1.28 bits per heavy atom. The highest BCUT2D eigenvalue weighted by atomic mass is 19.1. The van der Waals surface area contributed by atoms with Gasteiger partial charge in [-0.1, -0.05) is 12.1 Å². The van der Waals surface area contributed by atoms with Crippen molar-refractivity contribution in [2.24, 2.45) is 0 Å². The quantitative estimate of drug-likeness (QED) is 0.615. The van der Waals surface area contributed by atoms with Crippen LogP contribution in [0.3, 0.4) is 0 Å². The number of rotatable bonds is 7. The number of anilines is 1. The van der Waals surface area contributed by atoms with E-state index in [0.29, 0.717) is 5.75 Å². The Bertz CT molecular complexity index is 780. The van der Waals surface area contributed by atoms with E-state index in [9.17, 15) is 19.3 Å². The number of carbonyl (C=O) groups excluding carboxylic acids is 1. The number of carbonyl (C=O) groups is 1. The first kappa shape index (κ1) is 18.2. The maximum absolute atomic E-state index is 13.3. The van der Waals surface area contributed by atoms with E-state index in [1.807, 2.05) is 0 Å². The molecule has 0 aliphatic rings. The highest BCUT2D eigenvalue weighted by Gasteiger charge is 2.14. The van der Waals surface area contributed by atoms with Gasteiger partial charge >= 0.3 is 0 Å². The number of likely N-dealkylation sites (N-methyl/N-ethyl adjacent to an activating group) is 1. The Morgan fingerprint density at radius 3 is 2.72 bits per heavy atom. The largest absolute Gasteiger partial charge is 0.484 e. The zero-order valence-electron chi connectivity index (χ0n) is 13.9. The van der Waals surface area contributed by atoms with Crippen LogP contribution in [0.4, 0.5) is 15.8 Å². The van der Waals surface area contributed by atoms with Crippen LogP contribution in [0.5, 0.6) is 5.75 Å². The second-order valence-electron chi connectivity index (χ2n) is 5.50. The number of amides is 1. The van der Waals surface area contributed by atoms with E-state index in [4.69, 9.17) is 4.74 Å². The molecule has 0 saturated heterocycles. The van der Waals surface area contributed by atoms with E-state index in [1.165, 1.54) is 4.90 Å². The molecule has 1 N–H and O–H groups in total. The maximum Gasteiger partial charge on any atom is 0.292 e. The molecule has 8 heteroatoms. The molecule has 0 aliphatic heterocycles. The summed E-state index contributed by atoms with van der Waals surface area (Å²) < 4.78 is 18.7. The van der Waals surface area contributed by atoms with Crippen molar-refractivity contribution in [3.8, 4) is 5.75 Å². The predicted octanol–water partition coefficient (Wildman–Crippen LogP) is 2.81. The van der Waals surface area contributed by atoms with Crippen molar-refractivity contribution in [3.63, 3.8) is 0 Å². The molecule has 0 saturated carbocycles. The van der Waals surface area contributed by atoms with Crippen molar-refractivity contribution < 1.29 is 18.8 Å². The van der Waals surface area contributed by atoms with Gasteiger partial charge in [0.15, 0.2) is 6.61 Å². The van der Waals surface area contributed by atoms with Gasteiger partial charge in [-0.2, -0.15) is 0 Å². The monoisotopic (exact) mass is 347 g/mol. The highest BCUT2D eigenvalue weighted by molar-refractivity contribution is 5.77. The van der Waals surface area contributed by atoms with Crippen molar-refractivity contribution in [1.82, 2.24) is 4.90 Å². The summed E-state index contributed by atoms with van der Waals surface area (Å²) in [6.45, 7) is 0.155. The van der Waals surface area contributed by atoms with Crippen molar-refractivity contribution >= 4 is 17.3 Å². The Labute approximate surface area is 144 Å². The minimum atomic E-state index is -0.575. The minimum Gasteiger partial charge on any atom is -0.484 e. The Kier molecular flexibility index (Phi) is 5.89. The maximum atomic E-state index is 13.3. The van der Waals surface area contributed by atoms with Crippen LogP contribution in [0.25, 0.3) is 0 Å². The van der Waals surface area contributed by atoms with Gasteiger partial charge in [0.2, 0.25) is 0 Å². The molecule has 2 aromatic rings. The lowest BCUT2D eigenvalue weighted by molar-refractivity contribution is -0.384. The first-order chi connectivity index (χ1) is 11.9. The minimum absolute atomic E-state index is 0.0841. The summed E-state index contributed by atoms with van der Waals surface area (Å²) >= 11 is 0. The summed E-state index contributed by atoms with van der Waals surface area (Å²) in [5, 5.41) is 13.8. The number of halogens is 1. The van der Waals surface area contributed by atoms with Gasteiger partial charge in [-0.25, -0.2) is 4.39 Å². The number of nitro groups is 1. The summed E-state index contributed by atoms with van der Waals surface area (Å²) in [5.74, 6) is -0.227. The fourth-order valence-electron chi connectivity index (χ4n) is 2.03. The van der Waals surface area contributed by atoms with E-state index in [1.54, 1.807) is 38.4 Å². The number of hydrogen-bond acceptors (Lipinski definition) is 5. The van der Waals surface area contributed by atoms with Crippen molar-refractivity contribution in [1.29, 1.82) is 0 Å². The lowest BCUT2D eigenvalue weighted by Crippen LogP contribution is -2.27. The first-order valence-electron chi connectivity index (χ1n) is 7.46. The van der Waals surface area contributed by atoms with Crippen LogP contribution in [-0.4, -0.2) is 36.4 Å². The van der Waals surface area contributed by atoms with E-state index in [2.05, 4.69) is 5.32 Å². The lowest BCUT2D eigenvalue weighted by Gasteiger charge is -2.12. The Morgan fingerprint density at radius 2 is 2.04 bits per heavy atom. The van der Waals surface area contributed by atoms with Gasteiger partial charge < -0.3 is 15.0 Å². The molecular formula is C17H18FN3O4. The van der Waals surface area contributed by atoms with Gasteiger partial charge in [-0.15, -0.1) is 0 Å². The van der Waals surface area contributed by atoms with Crippen LogP contribution >= 0.6 is 0 Å². The molecule has 0 unspecified atom stereocenters. The average Bonchev–Trinajstić information content (AvgIpc) is 2.57. The fraction of sp³-hybridized carbons (Fsp3) is 0.235. The van der Waals surface area contributed by atoms with Crippen LogP contribution in [0.1, 0.15) is 5.56 Å². The van der Waals surface area contributed by atoms with Gasteiger partial charge in [0, 0.05) is 32.8 Å². The number of nitrogens with zero attached hydrogens (tertiary/aromatic N) is 2. The highest BCUT2D eigenvalue weighted by Crippen LogP contribution is 2.25. The number of ether oxygens (including phenoxy) is 1.